The van der Waals surface area contributed by atoms with Crippen LogP contribution in [0.1, 0.15) is 37.0 Å². The molecule has 2 saturated carbocycles. The Hall–Kier alpha value is -0.830. The number of amides is 1. The van der Waals surface area contributed by atoms with Crippen molar-refractivity contribution < 1.29 is 4.79 Å². The molecule has 2 aliphatic carbocycles. The second-order valence-electron chi connectivity index (χ2n) is 5.50. The minimum Gasteiger partial charge on any atom is -0.351 e. The van der Waals surface area contributed by atoms with Crippen LogP contribution in [0.2, 0.25) is 0 Å². The second kappa shape index (κ2) is 4.81. The van der Waals surface area contributed by atoms with E-state index in [1.165, 1.54) is 30.6 Å². The first-order valence-corrected chi connectivity index (χ1v) is 7.48. The van der Waals surface area contributed by atoms with E-state index in [4.69, 9.17) is 0 Å². The van der Waals surface area contributed by atoms with Crippen LogP contribution in [-0.2, 0) is 11.3 Å². The summed E-state index contributed by atoms with van der Waals surface area (Å²) < 4.78 is 0. The van der Waals surface area contributed by atoms with E-state index in [2.05, 4.69) is 16.8 Å². The van der Waals surface area contributed by atoms with Gasteiger partial charge in [-0.05, 0) is 48.5 Å². The Bertz CT molecular complexity index is 387. The third-order valence-electron chi connectivity index (χ3n) is 4.37. The summed E-state index contributed by atoms with van der Waals surface area (Å²) in [6.07, 6.45) is 6.23. The van der Waals surface area contributed by atoms with E-state index < -0.39 is 0 Å². The number of hydrogen-bond donors (Lipinski definition) is 1. The summed E-state index contributed by atoms with van der Waals surface area (Å²) in [4.78, 5) is 13.1. The predicted octanol–water partition coefficient (Wildman–Crippen LogP) is 3.19. The van der Waals surface area contributed by atoms with Gasteiger partial charge in [0.1, 0.15) is 0 Å². The molecule has 3 rings (SSSR count). The topological polar surface area (TPSA) is 29.1 Å². The van der Waals surface area contributed by atoms with Crippen molar-refractivity contribution in [1.82, 2.24) is 5.32 Å². The zero-order chi connectivity index (χ0) is 11.7. The van der Waals surface area contributed by atoms with Gasteiger partial charge in [-0.2, -0.15) is 0 Å². The Morgan fingerprint density at radius 3 is 3.00 bits per heavy atom. The maximum absolute atomic E-state index is 11.9. The van der Waals surface area contributed by atoms with Crippen LogP contribution in [0, 0.1) is 17.8 Å². The fourth-order valence-corrected chi connectivity index (χ4v) is 4.18. The van der Waals surface area contributed by atoms with Crippen LogP contribution >= 0.6 is 11.3 Å². The van der Waals surface area contributed by atoms with Crippen molar-refractivity contribution in [3.63, 3.8) is 0 Å². The van der Waals surface area contributed by atoms with Crippen LogP contribution in [0.25, 0.3) is 0 Å². The molecule has 92 valence electrons. The van der Waals surface area contributed by atoms with Gasteiger partial charge in [-0.25, -0.2) is 0 Å². The fraction of sp³-hybridized carbons (Fsp3) is 0.643. The number of carbonyl (C=O) groups excluding carboxylic acids is 1. The van der Waals surface area contributed by atoms with E-state index in [0.29, 0.717) is 12.5 Å². The summed E-state index contributed by atoms with van der Waals surface area (Å²) in [6.45, 7) is 0.706. The average Bonchev–Trinajstić information content (AvgIpc) is 3.03. The van der Waals surface area contributed by atoms with E-state index in [9.17, 15) is 4.79 Å². The Morgan fingerprint density at radius 2 is 2.35 bits per heavy atom. The zero-order valence-corrected chi connectivity index (χ0v) is 10.8. The van der Waals surface area contributed by atoms with Crippen LogP contribution < -0.4 is 5.32 Å². The molecule has 3 heteroatoms. The van der Waals surface area contributed by atoms with Gasteiger partial charge in [0.15, 0.2) is 0 Å². The van der Waals surface area contributed by atoms with Crippen molar-refractivity contribution in [2.24, 2.45) is 17.8 Å². The molecule has 1 amide bonds. The molecule has 1 aromatic rings. The quantitative estimate of drug-likeness (QED) is 0.872. The molecule has 1 N–H and O–H groups in total. The molecule has 1 aromatic heterocycles. The van der Waals surface area contributed by atoms with Gasteiger partial charge in [0, 0.05) is 11.3 Å². The van der Waals surface area contributed by atoms with Crippen molar-refractivity contribution in [2.45, 2.75) is 38.6 Å². The number of carbonyl (C=O) groups is 1. The largest absolute Gasteiger partial charge is 0.351 e. The molecular weight excluding hydrogens is 230 g/mol. The van der Waals surface area contributed by atoms with Gasteiger partial charge >= 0.3 is 0 Å². The second-order valence-corrected chi connectivity index (χ2v) is 6.53. The lowest BCUT2D eigenvalue weighted by Crippen LogP contribution is -2.26. The molecule has 0 unspecified atom stereocenters. The highest BCUT2D eigenvalue weighted by Gasteiger charge is 2.39. The summed E-state index contributed by atoms with van der Waals surface area (Å²) in [5, 5.41) is 5.10. The van der Waals surface area contributed by atoms with Crippen molar-refractivity contribution in [1.29, 1.82) is 0 Å². The van der Waals surface area contributed by atoms with E-state index in [0.717, 1.165) is 18.3 Å². The third-order valence-corrected chi connectivity index (χ3v) is 5.25. The summed E-state index contributed by atoms with van der Waals surface area (Å²) in [5.41, 5.74) is 0. The van der Waals surface area contributed by atoms with Crippen LogP contribution in [0.5, 0.6) is 0 Å². The maximum Gasteiger partial charge on any atom is 0.220 e. The van der Waals surface area contributed by atoms with Gasteiger partial charge < -0.3 is 5.32 Å². The lowest BCUT2D eigenvalue weighted by molar-refractivity contribution is -0.122. The lowest BCUT2D eigenvalue weighted by Gasteiger charge is -2.20. The normalized spacial score (nSPS) is 30.7. The lowest BCUT2D eigenvalue weighted by atomic mass is 9.86. The number of hydrogen-bond acceptors (Lipinski definition) is 2. The number of thiophene rings is 1. The molecule has 2 aliphatic rings. The highest BCUT2D eigenvalue weighted by molar-refractivity contribution is 7.09. The Labute approximate surface area is 106 Å². The minimum absolute atomic E-state index is 0.246. The van der Waals surface area contributed by atoms with Crippen LogP contribution in [0.3, 0.4) is 0 Å². The molecule has 0 aromatic carbocycles. The Morgan fingerprint density at radius 1 is 1.41 bits per heavy atom. The molecule has 0 radical (unpaired) electrons. The molecule has 17 heavy (non-hydrogen) atoms. The smallest absolute Gasteiger partial charge is 0.220 e. The van der Waals surface area contributed by atoms with E-state index >= 15 is 0 Å². The van der Waals surface area contributed by atoms with Crippen LogP contribution in [0.4, 0.5) is 0 Å². The molecular formula is C14H19NOS. The first-order chi connectivity index (χ1) is 8.31. The maximum atomic E-state index is 11.9. The van der Waals surface area contributed by atoms with E-state index in [1.54, 1.807) is 11.3 Å². The summed E-state index contributed by atoms with van der Waals surface area (Å²) >= 11 is 1.71. The summed E-state index contributed by atoms with van der Waals surface area (Å²) in [6, 6.07) is 4.10. The van der Waals surface area contributed by atoms with Gasteiger partial charge in [0.05, 0.1) is 6.54 Å². The van der Waals surface area contributed by atoms with Crippen LogP contribution in [0.15, 0.2) is 17.5 Å². The first-order valence-electron chi connectivity index (χ1n) is 6.60. The summed E-state index contributed by atoms with van der Waals surface area (Å²) in [5.74, 6) is 2.72. The molecule has 2 bridgehead atoms. The van der Waals surface area contributed by atoms with Crippen molar-refractivity contribution in [3.8, 4) is 0 Å². The van der Waals surface area contributed by atoms with Gasteiger partial charge in [0.25, 0.3) is 0 Å². The standard InChI is InChI=1S/C14H19NOS/c16-14(15-9-13-2-1-5-17-13)8-12-7-10-3-4-11(12)6-10/h1-2,5,10-12H,3-4,6-9H2,(H,15,16)/t10-,11-,12-/m1/s1. The average molecular weight is 249 g/mol. The molecule has 2 fully saturated rings. The predicted molar refractivity (Wildman–Crippen MR) is 69.7 cm³/mol. The minimum atomic E-state index is 0.246. The molecule has 0 saturated heterocycles. The van der Waals surface area contributed by atoms with Gasteiger partial charge in [-0.15, -0.1) is 11.3 Å². The number of nitrogens with one attached hydrogen (secondary N) is 1. The SMILES string of the molecule is O=C(C[C@H]1C[C@@H]2CC[C@@H]1C2)NCc1cccs1. The highest BCUT2D eigenvalue weighted by Crippen LogP contribution is 2.49. The van der Waals surface area contributed by atoms with Gasteiger partial charge in [-0.3, -0.25) is 4.79 Å². The number of rotatable bonds is 4. The van der Waals surface area contributed by atoms with E-state index in [1.807, 2.05) is 6.07 Å². The zero-order valence-electron chi connectivity index (χ0n) is 10.0. The van der Waals surface area contributed by atoms with Gasteiger partial charge in [0.2, 0.25) is 5.91 Å². The molecule has 3 atom stereocenters. The van der Waals surface area contributed by atoms with E-state index in [-0.39, 0.29) is 5.91 Å². The molecule has 1 heterocycles. The van der Waals surface area contributed by atoms with Crippen molar-refractivity contribution in [2.75, 3.05) is 0 Å². The Balaban J connectivity index is 1.44. The van der Waals surface area contributed by atoms with Crippen molar-refractivity contribution in [3.05, 3.63) is 22.4 Å². The highest BCUT2D eigenvalue weighted by atomic mass is 32.1. The monoisotopic (exact) mass is 249 g/mol. The molecule has 0 aliphatic heterocycles. The number of fused-ring (bicyclic) bond motifs is 2. The summed E-state index contributed by atoms with van der Waals surface area (Å²) in [7, 11) is 0. The first kappa shape index (κ1) is 11.3. The molecule has 2 nitrogen and oxygen atoms in total. The van der Waals surface area contributed by atoms with Gasteiger partial charge in [-0.1, -0.05) is 12.5 Å². The molecule has 0 spiro atoms. The van der Waals surface area contributed by atoms with Crippen LogP contribution in [-0.4, -0.2) is 5.91 Å². The fourth-order valence-electron chi connectivity index (χ4n) is 3.54. The Kier molecular flexibility index (Phi) is 3.19. The third kappa shape index (κ3) is 2.54. The van der Waals surface area contributed by atoms with Crippen molar-refractivity contribution >= 4 is 17.2 Å².